The zero-order valence-electron chi connectivity index (χ0n) is 10.9. The third-order valence-electron chi connectivity index (χ3n) is 1.98. The molecule has 1 atom stereocenters. The van der Waals surface area contributed by atoms with Gasteiger partial charge in [0.15, 0.2) is 0 Å². The largest absolute Gasteiger partial charge is 0.480 e. The summed E-state index contributed by atoms with van der Waals surface area (Å²) in [5.74, 6) is -2.12. The van der Waals surface area contributed by atoms with Gasteiger partial charge in [0, 0.05) is 12.5 Å². The van der Waals surface area contributed by atoms with Gasteiger partial charge >= 0.3 is 11.9 Å². The Hall–Kier alpha value is -1.85. The zero-order chi connectivity index (χ0) is 14.1. The number of aliphatic carboxylic acids is 1. The summed E-state index contributed by atoms with van der Waals surface area (Å²) in [5.41, 5.74) is 0.766. The molecule has 0 aliphatic heterocycles. The van der Waals surface area contributed by atoms with Crippen molar-refractivity contribution < 1.29 is 24.2 Å². The lowest BCUT2D eigenvalue weighted by atomic mass is 10.1. The Labute approximate surface area is 106 Å². The molecule has 0 aliphatic carbocycles. The number of rotatable bonds is 7. The summed E-state index contributed by atoms with van der Waals surface area (Å²) in [6.45, 7) is 5.38. The molecule has 6 nitrogen and oxygen atoms in total. The van der Waals surface area contributed by atoms with Crippen LogP contribution in [-0.2, 0) is 19.1 Å². The van der Waals surface area contributed by atoms with Gasteiger partial charge in [-0.3, -0.25) is 9.59 Å². The smallest absolute Gasteiger partial charge is 0.326 e. The van der Waals surface area contributed by atoms with E-state index in [1.54, 1.807) is 20.8 Å². The molecule has 18 heavy (non-hydrogen) atoms. The Kier molecular flexibility index (Phi) is 7.42. The number of allylic oxidation sites excluding steroid dienone is 1. The van der Waals surface area contributed by atoms with E-state index in [4.69, 9.17) is 5.11 Å². The molecule has 0 heterocycles. The van der Waals surface area contributed by atoms with Crippen LogP contribution in [-0.4, -0.2) is 35.6 Å². The number of carboxylic acids is 1. The van der Waals surface area contributed by atoms with Crippen molar-refractivity contribution in [3.63, 3.8) is 0 Å². The minimum atomic E-state index is -1.17. The average Bonchev–Trinajstić information content (AvgIpc) is 2.23. The topological polar surface area (TPSA) is 92.7 Å². The monoisotopic (exact) mass is 257 g/mol. The first kappa shape index (κ1) is 16.1. The molecule has 0 spiro atoms. The molecule has 1 amide bonds. The molecular weight excluding hydrogens is 238 g/mol. The van der Waals surface area contributed by atoms with Crippen molar-refractivity contribution in [1.82, 2.24) is 5.32 Å². The minimum Gasteiger partial charge on any atom is -0.480 e. The molecule has 0 radical (unpaired) electrons. The highest BCUT2D eigenvalue weighted by atomic mass is 16.5. The quantitative estimate of drug-likeness (QED) is 0.521. The summed E-state index contributed by atoms with van der Waals surface area (Å²) in [5, 5.41) is 11.2. The van der Waals surface area contributed by atoms with E-state index in [0.717, 1.165) is 5.57 Å². The number of carboxylic acid groups (broad SMARTS) is 1. The van der Waals surface area contributed by atoms with Crippen LogP contribution >= 0.6 is 0 Å². The molecule has 0 aromatic heterocycles. The number of hydrogen-bond acceptors (Lipinski definition) is 4. The standard InChI is InChI=1S/C12H19NO5/c1-4-18-11(15)6-5-9(12(16)17)13-10(14)7-8(2)3/h7,9H,4-6H2,1-3H3,(H,13,14)(H,16,17)/t9-/m0/s1. The Morgan fingerprint density at radius 1 is 1.33 bits per heavy atom. The van der Waals surface area contributed by atoms with Gasteiger partial charge in [-0.25, -0.2) is 4.79 Å². The molecular formula is C12H19NO5. The maximum atomic E-state index is 11.4. The van der Waals surface area contributed by atoms with Gasteiger partial charge < -0.3 is 15.2 Å². The first-order valence-corrected chi connectivity index (χ1v) is 5.70. The second-order valence-corrected chi connectivity index (χ2v) is 3.96. The van der Waals surface area contributed by atoms with Crippen LogP contribution in [0.4, 0.5) is 0 Å². The van der Waals surface area contributed by atoms with E-state index in [2.05, 4.69) is 10.1 Å². The van der Waals surface area contributed by atoms with Crippen LogP contribution in [0.25, 0.3) is 0 Å². The number of hydrogen-bond donors (Lipinski definition) is 2. The molecule has 0 saturated carbocycles. The van der Waals surface area contributed by atoms with Crippen LogP contribution in [0.5, 0.6) is 0 Å². The second-order valence-electron chi connectivity index (χ2n) is 3.96. The van der Waals surface area contributed by atoms with Crippen LogP contribution in [0.3, 0.4) is 0 Å². The fraction of sp³-hybridized carbons (Fsp3) is 0.583. The van der Waals surface area contributed by atoms with E-state index in [-0.39, 0.29) is 19.4 Å². The van der Waals surface area contributed by atoms with Crippen molar-refractivity contribution in [3.8, 4) is 0 Å². The Balaban J connectivity index is 4.32. The number of carbonyl (C=O) groups is 3. The Bertz CT molecular complexity index is 344. The SMILES string of the molecule is CCOC(=O)CC[C@H](NC(=O)C=C(C)C)C(=O)O. The van der Waals surface area contributed by atoms with E-state index in [1.165, 1.54) is 6.08 Å². The summed E-state index contributed by atoms with van der Waals surface area (Å²) >= 11 is 0. The van der Waals surface area contributed by atoms with Crippen molar-refractivity contribution in [1.29, 1.82) is 0 Å². The molecule has 0 aromatic rings. The molecule has 0 fully saturated rings. The molecule has 2 N–H and O–H groups in total. The lowest BCUT2D eigenvalue weighted by molar-refractivity contribution is -0.145. The maximum Gasteiger partial charge on any atom is 0.326 e. The summed E-state index contributed by atoms with van der Waals surface area (Å²) < 4.78 is 4.69. The Morgan fingerprint density at radius 2 is 1.94 bits per heavy atom. The van der Waals surface area contributed by atoms with Crippen LogP contribution in [0.2, 0.25) is 0 Å². The third-order valence-corrected chi connectivity index (χ3v) is 1.98. The van der Waals surface area contributed by atoms with E-state index in [0.29, 0.717) is 0 Å². The van der Waals surface area contributed by atoms with Gasteiger partial charge in [0.1, 0.15) is 6.04 Å². The van der Waals surface area contributed by atoms with Crippen molar-refractivity contribution >= 4 is 17.8 Å². The summed E-state index contributed by atoms with van der Waals surface area (Å²) in [4.78, 5) is 33.4. The minimum absolute atomic E-state index is 0.0104. The van der Waals surface area contributed by atoms with Gasteiger partial charge in [-0.2, -0.15) is 0 Å². The van der Waals surface area contributed by atoms with Gasteiger partial charge in [0.05, 0.1) is 6.61 Å². The number of carbonyl (C=O) groups excluding carboxylic acids is 2. The predicted molar refractivity (Wildman–Crippen MR) is 64.9 cm³/mol. The van der Waals surface area contributed by atoms with Crippen molar-refractivity contribution in [3.05, 3.63) is 11.6 Å². The fourth-order valence-corrected chi connectivity index (χ4v) is 1.23. The van der Waals surface area contributed by atoms with Crippen molar-refractivity contribution in [2.75, 3.05) is 6.61 Å². The highest BCUT2D eigenvalue weighted by Gasteiger charge is 2.20. The van der Waals surface area contributed by atoms with Gasteiger partial charge in [-0.1, -0.05) is 5.57 Å². The summed E-state index contributed by atoms with van der Waals surface area (Å²) in [6.07, 6.45) is 1.27. The van der Waals surface area contributed by atoms with Crippen molar-refractivity contribution in [2.24, 2.45) is 0 Å². The molecule has 0 bridgehead atoms. The van der Waals surface area contributed by atoms with Gasteiger partial charge in [-0.05, 0) is 27.2 Å². The number of nitrogens with one attached hydrogen (secondary N) is 1. The lowest BCUT2D eigenvalue weighted by Gasteiger charge is -2.12. The first-order chi connectivity index (χ1) is 8.36. The van der Waals surface area contributed by atoms with Crippen LogP contribution in [0.15, 0.2) is 11.6 Å². The number of amides is 1. The van der Waals surface area contributed by atoms with Crippen LogP contribution in [0, 0.1) is 0 Å². The highest BCUT2D eigenvalue weighted by Crippen LogP contribution is 2.01. The first-order valence-electron chi connectivity index (χ1n) is 5.70. The van der Waals surface area contributed by atoms with E-state index in [9.17, 15) is 14.4 Å². The molecule has 0 unspecified atom stereocenters. The normalized spacial score (nSPS) is 11.3. The Morgan fingerprint density at radius 3 is 2.39 bits per heavy atom. The predicted octanol–water partition coefficient (Wildman–Crippen LogP) is 0.865. The molecule has 102 valence electrons. The van der Waals surface area contributed by atoms with E-state index in [1.807, 2.05) is 0 Å². The molecule has 0 saturated heterocycles. The summed E-state index contributed by atoms with van der Waals surface area (Å²) in [7, 11) is 0. The second kappa shape index (κ2) is 8.27. The molecule has 0 aliphatic rings. The molecule has 0 aromatic carbocycles. The van der Waals surface area contributed by atoms with Gasteiger partial charge in [-0.15, -0.1) is 0 Å². The lowest BCUT2D eigenvalue weighted by Crippen LogP contribution is -2.40. The molecule has 6 heteroatoms. The average molecular weight is 257 g/mol. The van der Waals surface area contributed by atoms with E-state index >= 15 is 0 Å². The van der Waals surface area contributed by atoms with Gasteiger partial charge in [0.25, 0.3) is 0 Å². The highest BCUT2D eigenvalue weighted by molar-refractivity contribution is 5.91. The molecule has 0 rings (SSSR count). The third kappa shape index (κ3) is 7.43. The van der Waals surface area contributed by atoms with Gasteiger partial charge in [0.2, 0.25) is 5.91 Å². The number of esters is 1. The zero-order valence-corrected chi connectivity index (χ0v) is 10.9. The summed E-state index contributed by atoms with van der Waals surface area (Å²) in [6, 6.07) is -1.09. The van der Waals surface area contributed by atoms with Crippen molar-refractivity contribution in [2.45, 2.75) is 39.7 Å². The van der Waals surface area contributed by atoms with Crippen LogP contribution in [0.1, 0.15) is 33.6 Å². The fourth-order valence-electron chi connectivity index (χ4n) is 1.23. The number of ether oxygens (including phenoxy) is 1. The maximum absolute atomic E-state index is 11.4. The van der Waals surface area contributed by atoms with Crippen LogP contribution < -0.4 is 5.32 Å². The van der Waals surface area contributed by atoms with E-state index < -0.39 is 23.9 Å².